The first-order valence-corrected chi connectivity index (χ1v) is 6.91. The topological polar surface area (TPSA) is 35.5 Å². The van der Waals surface area contributed by atoms with Crippen molar-refractivity contribution >= 4 is 5.97 Å². The molecule has 3 nitrogen and oxygen atoms in total. The summed E-state index contributed by atoms with van der Waals surface area (Å²) >= 11 is 0. The van der Waals surface area contributed by atoms with Crippen LogP contribution in [0.1, 0.15) is 29.2 Å². The Hall–Kier alpha value is -2.29. The van der Waals surface area contributed by atoms with Gasteiger partial charge in [-0.05, 0) is 60.7 Å². The summed E-state index contributed by atoms with van der Waals surface area (Å²) in [6.45, 7) is 5.44. The van der Waals surface area contributed by atoms with E-state index in [1.807, 2.05) is 31.2 Å². The normalized spacial score (nSPS) is 10.3. The van der Waals surface area contributed by atoms with Gasteiger partial charge in [0.2, 0.25) is 0 Å². The van der Waals surface area contributed by atoms with Gasteiger partial charge in [0.1, 0.15) is 11.5 Å². The number of benzene rings is 2. The summed E-state index contributed by atoms with van der Waals surface area (Å²) in [6.07, 6.45) is 0.844. The van der Waals surface area contributed by atoms with Gasteiger partial charge in [-0.25, -0.2) is 0 Å². The molecule has 0 aromatic heterocycles. The largest absolute Gasteiger partial charge is 0.497 e. The Morgan fingerprint density at radius 3 is 2.38 bits per heavy atom. The van der Waals surface area contributed by atoms with Gasteiger partial charge >= 0.3 is 5.97 Å². The van der Waals surface area contributed by atoms with Gasteiger partial charge in [-0.1, -0.05) is 18.2 Å². The number of rotatable bonds is 4. The molecule has 0 unspecified atom stereocenters. The van der Waals surface area contributed by atoms with Crippen LogP contribution in [0, 0.1) is 13.8 Å². The molecule has 110 valence electrons. The molecule has 0 saturated heterocycles. The minimum Gasteiger partial charge on any atom is -0.497 e. The molecule has 0 atom stereocenters. The summed E-state index contributed by atoms with van der Waals surface area (Å²) in [7, 11) is 1.67. The highest BCUT2D eigenvalue weighted by Crippen LogP contribution is 2.23. The molecule has 2 aromatic carbocycles. The third kappa shape index (κ3) is 3.85. The van der Waals surface area contributed by atoms with E-state index < -0.39 is 0 Å². The van der Waals surface area contributed by atoms with E-state index in [1.54, 1.807) is 7.11 Å². The van der Waals surface area contributed by atoms with Crippen molar-refractivity contribution in [1.29, 1.82) is 0 Å². The van der Waals surface area contributed by atoms with Crippen molar-refractivity contribution in [3.8, 4) is 11.5 Å². The maximum Gasteiger partial charge on any atom is 0.308 e. The van der Waals surface area contributed by atoms with Crippen molar-refractivity contribution in [2.75, 3.05) is 7.11 Å². The monoisotopic (exact) mass is 284 g/mol. The lowest BCUT2D eigenvalue weighted by atomic mass is 9.99. The van der Waals surface area contributed by atoms with Crippen molar-refractivity contribution in [3.63, 3.8) is 0 Å². The number of hydrogen-bond acceptors (Lipinski definition) is 3. The molecule has 2 rings (SSSR count). The first kappa shape index (κ1) is 15.1. The van der Waals surface area contributed by atoms with Crippen LogP contribution in [0.15, 0.2) is 36.4 Å². The Morgan fingerprint density at radius 2 is 1.81 bits per heavy atom. The summed E-state index contributed by atoms with van der Waals surface area (Å²) in [5, 5.41) is 0. The quantitative estimate of drug-likeness (QED) is 0.632. The lowest BCUT2D eigenvalue weighted by molar-refractivity contribution is -0.131. The van der Waals surface area contributed by atoms with E-state index in [9.17, 15) is 4.79 Å². The van der Waals surface area contributed by atoms with Gasteiger partial charge in [-0.15, -0.1) is 0 Å². The van der Waals surface area contributed by atoms with Gasteiger partial charge in [-0.2, -0.15) is 0 Å². The number of methoxy groups -OCH3 is 1. The van der Waals surface area contributed by atoms with Gasteiger partial charge in [0.05, 0.1) is 7.11 Å². The summed E-state index contributed by atoms with van der Waals surface area (Å²) in [5.74, 6) is 1.20. The van der Waals surface area contributed by atoms with Crippen molar-refractivity contribution in [2.45, 2.75) is 27.2 Å². The summed E-state index contributed by atoms with van der Waals surface area (Å²) in [6, 6.07) is 12.0. The zero-order valence-electron chi connectivity index (χ0n) is 12.9. The van der Waals surface area contributed by atoms with Crippen molar-refractivity contribution in [2.24, 2.45) is 0 Å². The van der Waals surface area contributed by atoms with Crippen LogP contribution in [-0.2, 0) is 11.2 Å². The Balaban J connectivity index is 2.20. The fraction of sp³-hybridized carbons (Fsp3) is 0.278. The molecular formula is C18H20O3. The second kappa shape index (κ2) is 6.44. The Labute approximate surface area is 125 Å². The van der Waals surface area contributed by atoms with Gasteiger partial charge in [0.15, 0.2) is 0 Å². The average molecular weight is 284 g/mol. The number of carbonyl (C=O) groups excluding carboxylic acids is 1. The minimum absolute atomic E-state index is 0.295. The van der Waals surface area contributed by atoms with Crippen LogP contribution in [0.5, 0.6) is 11.5 Å². The molecule has 0 aliphatic carbocycles. The molecule has 0 bridgehead atoms. The molecule has 0 spiro atoms. The standard InChI is InChI=1S/C18H20O3/c1-12-10-17(20-4)7-6-16(12)11-15-5-8-18(13(2)9-15)21-14(3)19/h5-10H,11H2,1-4H3. The molecule has 0 amide bonds. The average Bonchev–Trinajstić information content (AvgIpc) is 2.43. The first-order chi connectivity index (χ1) is 9.99. The van der Waals surface area contributed by atoms with Crippen LogP contribution in [-0.4, -0.2) is 13.1 Å². The second-order valence-corrected chi connectivity index (χ2v) is 5.16. The lowest BCUT2D eigenvalue weighted by Crippen LogP contribution is -2.03. The first-order valence-electron chi connectivity index (χ1n) is 6.91. The summed E-state index contributed by atoms with van der Waals surface area (Å²) in [4.78, 5) is 11.0. The van der Waals surface area contributed by atoms with E-state index in [-0.39, 0.29) is 5.97 Å². The SMILES string of the molecule is COc1ccc(Cc2ccc(OC(C)=O)c(C)c2)c(C)c1. The van der Waals surface area contributed by atoms with E-state index in [1.165, 1.54) is 23.6 Å². The summed E-state index contributed by atoms with van der Waals surface area (Å²) < 4.78 is 10.4. The van der Waals surface area contributed by atoms with Gasteiger partial charge in [0, 0.05) is 6.92 Å². The van der Waals surface area contributed by atoms with Gasteiger partial charge < -0.3 is 9.47 Å². The Bertz CT molecular complexity index is 660. The van der Waals surface area contributed by atoms with E-state index in [4.69, 9.17) is 9.47 Å². The van der Waals surface area contributed by atoms with Crippen molar-refractivity contribution < 1.29 is 14.3 Å². The second-order valence-electron chi connectivity index (χ2n) is 5.16. The molecule has 0 saturated carbocycles. The minimum atomic E-state index is -0.295. The zero-order valence-corrected chi connectivity index (χ0v) is 12.9. The molecular weight excluding hydrogens is 264 g/mol. The molecule has 0 radical (unpaired) electrons. The van der Waals surface area contributed by atoms with Crippen LogP contribution in [0.25, 0.3) is 0 Å². The molecule has 0 aliphatic rings. The smallest absolute Gasteiger partial charge is 0.308 e. The molecule has 21 heavy (non-hydrogen) atoms. The Kier molecular flexibility index (Phi) is 4.63. The van der Waals surface area contributed by atoms with Crippen LogP contribution >= 0.6 is 0 Å². The van der Waals surface area contributed by atoms with Crippen LogP contribution in [0.4, 0.5) is 0 Å². The number of ether oxygens (including phenoxy) is 2. The van der Waals surface area contributed by atoms with Crippen molar-refractivity contribution in [1.82, 2.24) is 0 Å². The maximum atomic E-state index is 11.0. The van der Waals surface area contributed by atoms with Crippen LogP contribution in [0.3, 0.4) is 0 Å². The fourth-order valence-electron chi connectivity index (χ4n) is 2.30. The lowest BCUT2D eigenvalue weighted by Gasteiger charge is -2.10. The predicted molar refractivity (Wildman–Crippen MR) is 83.0 cm³/mol. The number of esters is 1. The van der Waals surface area contributed by atoms with Crippen molar-refractivity contribution in [3.05, 3.63) is 58.7 Å². The third-order valence-electron chi connectivity index (χ3n) is 3.44. The van der Waals surface area contributed by atoms with E-state index in [0.29, 0.717) is 5.75 Å². The number of carbonyl (C=O) groups is 1. The molecule has 2 aromatic rings. The van der Waals surface area contributed by atoms with E-state index >= 15 is 0 Å². The molecule has 0 heterocycles. The molecule has 0 aliphatic heterocycles. The number of aryl methyl sites for hydroxylation is 2. The van der Waals surface area contributed by atoms with E-state index in [2.05, 4.69) is 19.1 Å². The van der Waals surface area contributed by atoms with Gasteiger partial charge in [-0.3, -0.25) is 4.79 Å². The van der Waals surface area contributed by atoms with Gasteiger partial charge in [0.25, 0.3) is 0 Å². The summed E-state index contributed by atoms with van der Waals surface area (Å²) in [5.41, 5.74) is 4.62. The Morgan fingerprint density at radius 1 is 1.05 bits per heavy atom. The molecule has 0 fully saturated rings. The van der Waals surface area contributed by atoms with Crippen LogP contribution in [0.2, 0.25) is 0 Å². The highest BCUT2D eigenvalue weighted by Gasteiger charge is 2.06. The highest BCUT2D eigenvalue weighted by atomic mass is 16.5. The fourth-order valence-corrected chi connectivity index (χ4v) is 2.30. The molecule has 0 N–H and O–H groups in total. The van der Waals surface area contributed by atoms with Crippen LogP contribution < -0.4 is 9.47 Å². The third-order valence-corrected chi connectivity index (χ3v) is 3.44. The predicted octanol–water partition coefficient (Wildman–Crippen LogP) is 3.83. The van der Waals surface area contributed by atoms with E-state index in [0.717, 1.165) is 17.7 Å². The number of hydrogen-bond donors (Lipinski definition) is 0. The maximum absolute atomic E-state index is 11.0. The zero-order chi connectivity index (χ0) is 15.4. The molecule has 3 heteroatoms. The highest BCUT2D eigenvalue weighted by molar-refractivity contribution is 5.69.